The first-order valence-corrected chi connectivity index (χ1v) is 7.33. The molecule has 2 rings (SSSR count). The van der Waals surface area contributed by atoms with Crippen LogP contribution in [-0.4, -0.2) is 25.8 Å². The third kappa shape index (κ3) is 4.16. The molecule has 0 aliphatic carbocycles. The highest BCUT2D eigenvalue weighted by Gasteiger charge is 2.23. The van der Waals surface area contributed by atoms with Gasteiger partial charge in [0, 0.05) is 19.3 Å². The average Bonchev–Trinajstić information content (AvgIpc) is 2.43. The highest BCUT2D eigenvalue weighted by atomic mass is 35.5. The average molecular weight is 286 g/mol. The monoisotopic (exact) mass is 285 g/mol. The van der Waals surface area contributed by atoms with Crippen LogP contribution in [0.3, 0.4) is 0 Å². The molecule has 0 spiro atoms. The van der Waals surface area contributed by atoms with Crippen LogP contribution >= 0.6 is 11.6 Å². The first-order chi connectivity index (χ1) is 9.20. The Bertz CT molecular complexity index is 407. The van der Waals surface area contributed by atoms with Crippen LogP contribution in [-0.2, 0) is 11.2 Å². The first-order valence-electron chi connectivity index (χ1n) is 6.95. The zero-order valence-corrected chi connectivity index (χ0v) is 12.0. The maximum Gasteiger partial charge on any atom is 0.142 e. The van der Waals surface area contributed by atoms with E-state index >= 15 is 0 Å². The van der Waals surface area contributed by atoms with E-state index in [9.17, 15) is 4.39 Å². The van der Waals surface area contributed by atoms with Crippen LogP contribution < -0.4 is 5.32 Å². The van der Waals surface area contributed by atoms with Crippen molar-refractivity contribution in [1.82, 2.24) is 5.32 Å². The van der Waals surface area contributed by atoms with E-state index in [0.717, 1.165) is 44.6 Å². The Hall–Kier alpha value is -0.640. The molecule has 106 valence electrons. The first kappa shape index (κ1) is 14.8. The van der Waals surface area contributed by atoms with Gasteiger partial charge in [-0.3, -0.25) is 0 Å². The van der Waals surface area contributed by atoms with Gasteiger partial charge >= 0.3 is 0 Å². The predicted molar refractivity (Wildman–Crippen MR) is 76.1 cm³/mol. The number of benzene rings is 1. The van der Waals surface area contributed by atoms with Crippen molar-refractivity contribution in [3.8, 4) is 0 Å². The molecule has 4 heteroatoms. The summed E-state index contributed by atoms with van der Waals surface area (Å²) in [5, 5.41) is 3.71. The molecule has 1 aromatic carbocycles. The Morgan fingerprint density at radius 3 is 2.79 bits per heavy atom. The van der Waals surface area contributed by atoms with Crippen LogP contribution in [0.4, 0.5) is 4.39 Å². The van der Waals surface area contributed by atoms with E-state index in [1.54, 1.807) is 12.1 Å². The lowest BCUT2D eigenvalue weighted by Crippen LogP contribution is -2.40. The molecule has 0 radical (unpaired) electrons. The molecule has 1 saturated heterocycles. The minimum atomic E-state index is -0.332. The Labute approximate surface area is 119 Å². The fraction of sp³-hybridized carbons (Fsp3) is 0.600. The van der Waals surface area contributed by atoms with Crippen LogP contribution in [0, 0.1) is 11.7 Å². The molecule has 1 unspecified atom stereocenters. The minimum Gasteiger partial charge on any atom is -0.381 e. The Balaban J connectivity index is 2.04. The fourth-order valence-corrected chi connectivity index (χ4v) is 2.82. The summed E-state index contributed by atoms with van der Waals surface area (Å²) in [5.74, 6) is 0.272. The summed E-state index contributed by atoms with van der Waals surface area (Å²) in [7, 11) is 0. The van der Waals surface area contributed by atoms with Gasteiger partial charge in [0.2, 0.25) is 0 Å². The second-order valence-corrected chi connectivity index (χ2v) is 5.47. The maximum atomic E-state index is 13.5. The van der Waals surface area contributed by atoms with Crippen LogP contribution in [0.25, 0.3) is 0 Å². The van der Waals surface area contributed by atoms with Crippen molar-refractivity contribution in [1.29, 1.82) is 0 Å². The molecule has 1 fully saturated rings. The lowest BCUT2D eigenvalue weighted by molar-refractivity contribution is 0.0539. The molecule has 1 N–H and O–H groups in total. The van der Waals surface area contributed by atoms with E-state index in [4.69, 9.17) is 16.3 Å². The van der Waals surface area contributed by atoms with Crippen LogP contribution in [0.2, 0.25) is 5.02 Å². The molecule has 1 heterocycles. The molecule has 2 nitrogen and oxygen atoms in total. The molecule has 0 amide bonds. The SMILES string of the molecule is CCNC(Cc1ccc(Cl)c(F)c1)C1CCOCC1. The second kappa shape index (κ2) is 7.22. The van der Waals surface area contributed by atoms with Crippen molar-refractivity contribution in [3.05, 3.63) is 34.6 Å². The summed E-state index contributed by atoms with van der Waals surface area (Å²) in [4.78, 5) is 0. The molecule has 19 heavy (non-hydrogen) atoms. The summed E-state index contributed by atoms with van der Waals surface area (Å²) >= 11 is 5.72. The van der Waals surface area contributed by atoms with Crippen LogP contribution in [0.5, 0.6) is 0 Å². The lowest BCUT2D eigenvalue weighted by Gasteiger charge is -2.31. The van der Waals surface area contributed by atoms with E-state index in [-0.39, 0.29) is 10.8 Å². The molecule has 1 atom stereocenters. The molecule has 0 saturated carbocycles. The normalized spacial score (nSPS) is 18.5. The summed E-state index contributed by atoms with van der Waals surface area (Å²) in [6.07, 6.45) is 2.99. The minimum absolute atomic E-state index is 0.190. The fourth-order valence-electron chi connectivity index (χ4n) is 2.71. The number of rotatable bonds is 5. The summed E-state index contributed by atoms with van der Waals surface area (Å²) in [6.45, 7) is 4.70. The number of likely N-dealkylation sites (N-methyl/N-ethyl adjacent to an activating group) is 1. The standard InChI is InChI=1S/C15H21ClFNO/c1-2-18-15(12-5-7-19-8-6-12)10-11-3-4-13(16)14(17)9-11/h3-4,9,12,15,18H,2,5-8,10H2,1H3. The van der Waals surface area contributed by atoms with Gasteiger partial charge in [-0.1, -0.05) is 24.6 Å². The summed E-state index contributed by atoms with van der Waals surface area (Å²) < 4.78 is 18.9. The highest BCUT2D eigenvalue weighted by Crippen LogP contribution is 2.23. The van der Waals surface area contributed by atoms with Crippen molar-refractivity contribution in [2.45, 2.75) is 32.2 Å². The molecule has 0 aromatic heterocycles. The number of nitrogens with one attached hydrogen (secondary N) is 1. The van der Waals surface area contributed by atoms with Gasteiger partial charge in [0.05, 0.1) is 5.02 Å². The lowest BCUT2D eigenvalue weighted by atomic mass is 9.87. The van der Waals surface area contributed by atoms with Gasteiger partial charge in [0.25, 0.3) is 0 Å². The van der Waals surface area contributed by atoms with E-state index in [1.807, 2.05) is 6.07 Å². The molecule has 1 aromatic rings. The Morgan fingerprint density at radius 2 is 2.16 bits per heavy atom. The van der Waals surface area contributed by atoms with Gasteiger partial charge in [-0.15, -0.1) is 0 Å². The van der Waals surface area contributed by atoms with Crippen molar-refractivity contribution >= 4 is 11.6 Å². The zero-order chi connectivity index (χ0) is 13.7. The molecular weight excluding hydrogens is 265 g/mol. The number of hydrogen-bond donors (Lipinski definition) is 1. The van der Waals surface area contributed by atoms with E-state index in [1.165, 1.54) is 0 Å². The molecule has 1 aliphatic rings. The van der Waals surface area contributed by atoms with E-state index in [2.05, 4.69) is 12.2 Å². The highest BCUT2D eigenvalue weighted by molar-refractivity contribution is 6.30. The number of hydrogen-bond acceptors (Lipinski definition) is 2. The van der Waals surface area contributed by atoms with Crippen molar-refractivity contribution in [3.63, 3.8) is 0 Å². The third-order valence-electron chi connectivity index (χ3n) is 3.74. The van der Waals surface area contributed by atoms with Crippen LogP contribution in [0.1, 0.15) is 25.3 Å². The zero-order valence-electron chi connectivity index (χ0n) is 11.3. The van der Waals surface area contributed by atoms with Gasteiger partial charge in [-0.2, -0.15) is 0 Å². The van der Waals surface area contributed by atoms with E-state index in [0.29, 0.717) is 12.0 Å². The Morgan fingerprint density at radius 1 is 1.42 bits per heavy atom. The number of halogens is 2. The maximum absolute atomic E-state index is 13.5. The van der Waals surface area contributed by atoms with Gasteiger partial charge in [-0.25, -0.2) is 4.39 Å². The summed E-state index contributed by atoms with van der Waals surface area (Å²) in [5.41, 5.74) is 0.999. The Kier molecular flexibility index (Phi) is 5.61. The van der Waals surface area contributed by atoms with Crippen molar-refractivity contribution < 1.29 is 9.13 Å². The molecule has 1 aliphatic heterocycles. The van der Waals surface area contributed by atoms with Gasteiger partial charge < -0.3 is 10.1 Å². The number of ether oxygens (including phenoxy) is 1. The van der Waals surface area contributed by atoms with Crippen molar-refractivity contribution in [2.75, 3.05) is 19.8 Å². The quantitative estimate of drug-likeness (QED) is 0.895. The van der Waals surface area contributed by atoms with Crippen LogP contribution in [0.15, 0.2) is 18.2 Å². The summed E-state index contributed by atoms with van der Waals surface area (Å²) in [6, 6.07) is 5.48. The third-order valence-corrected chi connectivity index (χ3v) is 4.05. The van der Waals surface area contributed by atoms with Crippen molar-refractivity contribution in [2.24, 2.45) is 5.92 Å². The second-order valence-electron chi connectivity index (χ2n) is 5.07. The molecule has 0 bridgehead atoms. The van der Waals surface area contributed by atoms with E-state index < -0.39 is 0 Å². The van der Waals surface area contributed by atoms with Gasteiger partial charge in [-0.05, 0) is 49.4 Å². The predicted octanol–water partition coefficient (Wildman–Crippen LogP) is 3.43. The topological polar surface area (TPSA) is 21.3 Å². The van der Waals surface area contributed by atoms with Gasteiger partial charge in [0.1, 0.15) is 5.82 Å². The largest absolute Gasteiger partial charge is 0.381 e. The van der Waals surface area contributed by atoms with Gasteiger partial charge in [0.15, 0.2) is 0 Å². The molecular formula is C15H21ClFNO. The smallest absolute Gasteiger partial charge is 0.142 e.